The molecule has 2 atom stereocenters. The molecule has 0 saturated carbocycles. The molecule has 0 fully saturated rings. The molecule has 3 rings (SSSR count). The molecular weight excluding hydrogens is 288 g/mol. The van der Waals surface area contributed by atoms with E-state index in [1.54, 1.807) is 0 Å². The van der Waals surface area contributed by atoms with E-state index in [0.29, 0.717) is 17.2 Å². The van der Waals surface area contributed by atoms with Gasteiger partial charge in [0, 0.05) is 22.3 Å². The van der Waals surface area contributed by atoms with E-state index in [1.807, 2.05) is 24.9 Å². The molecule has 2 unspecified atom stereocenters. The van der Waals surface area contributed by atoms with Gasteiger partial charge in [0.25, 0.3) is 0 Å². The summed E-state index contributed by atoms with van der Waals surface area (Å²) in [6.45, 7) is 0. The smallest absolute Gasteiger partial charge is 0.126 e. The third kappa shape index (κ3) is 3.27. The maximum atomic E-state index is 13.3. The molecule has 0 spiro atoms. The van der Waals surface area contributed by atoms with Crippen LogP contribution in [0.5, 0.6) is 0 Å². The minimum absolute atomic E-state index is 0.184. The first-order valence-electron chi connectivity index (χ1n) is 7.02. The largest absolute Gasteiger partial charge is 0.316 e. The van der Waals surface area contributed by atoms with Crippen molar-refractivity contribution in [1.82, 2.24) is 5.32 Å². The summed E-state index contributed by atoms with van der Waals surface area (Å²) in [5.74, 6) is -1.02. The number of likely N-dealkylation sites (N-methyl/N-ethyl adjacent to an activating group) is 1. The molecule has 0 bridgehead atoms. The number of halogens is 2. The second-order valence-corrected chi connectivity index (χ2v) is 6.63. The third-order valence-electron chi connectivity index (χ3n) is 3.87. The molecule has 110 valence electrons. The molecular formula is C17H17F2NS. The SMILES string of the molecule is CNC(Cc1cc(F)cc(F)c1)C1Cc2ccccc2S1. The average Bonchev–Trinajstić information content (AvgIpc) is 2.87. The van der Waals surface area contributed by atoms with Gasteiger partial charge in [-0.3, -0.25) is 0 Å². The predicted octanol–water partition coefficient (Wildman–Crippen LogP) is 3.81. The lowest BCUT2D eigenvalue weighted by Gasteiger charge is -2.22. The minimum atomic E-state index is -0.512. The highest BCUT2D eigenvalue weighted by molar-refractivity contribution is 8.00. The Morgan fingerprint density at radius 3 is 2.57 bits per heavy atom. The summed E-state index contributed by atoms with van der Waals surface area (Å²) in [4.78, 5) is 1.31. The van der Waals surface area contributed by atoms with Gasteiger partial charge in [0.05, 0.1) is 0 Å². The quantitative estimate of drug-likeness (QED) is 0.922. The van der Waals surface area contributed by atoms with Gasteiger partial charge in [-0.2, -0.15) is 0 Å². The lowest BCUT2D eigenvalue weighted by Crippen LogP contribution is -2.37. The Kier molecular flexibility index (Phi) is 4.27. The average molecular weight is 305 g/mol. The zero-order chi connectivity index (χ0) is 14.8. The molecule has 0 amide bonds. The second kappa shape index (κ2) is 6.16. The lowest BCUT2D eigenvalue weighted by molar-refractivity contribution is 0.529. The fraction of sp³-hybridized carbons (Fsp3) is 0.294. The Labute approximate surface area is 127 Å². The van der Waals surface area contributed by atoms with Crippen molar-refractivity contribution in [2.24, 2.45) is 0 Å². The Balaban J connectivity index is 1.75. The molecule has 4 heteroatoms. The molecule has 1 heterocycles. The zero-order valence-electron chi connectivity index (χ0n) is 11.8. The molecule has 1 N–H and O–H groups in total. The van der Waals surface area contributed by atoms with E-state index < -0.39 is 11.6 Å². The van der Waals surface area contributed by atoms with E-state index in [0.717, 1.165) is 12.5 Å². The van der Waals surface area contributed by atoms with Gasteiger partial charge in [0.2, 0.25) is 0 Å². The van der Waals surface area contributed by atoms with Crippen molar-refractivity contribution in [2.45, 2.75) is 29.0 Å². The predicted molar refractivity (Wildman–Crippen MR) is 82.7 cm³/mol. The van der Waals surface area contributed by atoms with Crippen LogP contribution in [0.1, 0.15) is 11.1 Å². The van der Waals surface area contributed by atoms with E-state index in [-0.39, 0.29) is 6.04 Å². The highest BCUT2D eigenvalue weighted by Crippen LogP contribution is 2.38. The number of hydrogen-bond donors (Lipinski definition) is 1. The zero-order valence-corrected chi connectivity index (χ0v) is 12.6. The number of rotatable bonds is 4. The number of thioether (sulfide) groups is 1. The summed E-state index contributed by atoms with van der Waals surface area (Å²) in [6, 6.07) is 12.3. The van der Waals surface area contributed by atoms with Crippen LogP contribution in [0.15, 0.2) is 47.4 Å². The van der Waals surface area contributed by atoms with Crippen LogP contribution in [0.25, 0.3) is 0 Å². The summed E-state index contributed by atoms with van der Waals surface area (Å²) < 4.78 is 26.6. The molecule has 2 aromatic rings. The lowest BCUT2D eigenvalue weighted by atomic mass is 9.99. The monoisotopic (exact) mass is 305 g/mol. The van der Waals surface area contributed by atoms with Crippen LogP contribution in [-0.2, 0) is 12.8 Å². The number of fused-ring (bicyclic) bond motifs is 1. The third-order valence-corrected chi connectivity index (χ3v) is 5.32. The van der Waals surface area contributed by atoms with Crippen LogP contribution < -0.4 is 5.32 Å². The summed E-state index contributed by atoms with van der Waals surface area (Å²) in [5.41, 5.74) is 2.06. The van der Waals surface area contributed by atoms with Crippen molar-refractivity contribution in [3.8, 4) is 0 Å². The van der Waals surface area contributed by atoms with Crippen molar-refractivity contribution in [2.75, 3.05) is 7.05 Å². The Morgan fingerprint density at radius 1 is 1.19 bits per heavy atom. The Hall–Kier alpha value is -1.39. The number of nitrogens with one attached hydrogen (secondary N) is 1. The molecule has 21 heavy (non-hydrogen) atoms. The van der Waals surface area contributed by atoms with E-state index >= 15 is 0 Å². The first-order valence-corrected chi connectivity index (χ1v) is 7.90. The maximum absolute atomic E-state index is 13.3. The first-order chi connectivity index (χ1) is 10.2. The minimum Gasteiger partial charge on any atom is -0.316 e. The Bertz CT molecular complexity index is 599. The number of benzene rings is 2. The van der Waals surface area contributed by atoms with Crippen molar-refractivity contribution in [3.05, 3.63) is 65.2 Å². The van der Waals surface area contributed by atoms with Crippen molar-refractivity contribution < 1.29 is 8.78 Å². The van der Waals surface area contributed by atoms with Crippen molar-refractivity contribution >= 4 is 11.8 Å². The van der Waals surface area contributed by atoms with Gasteiger partial charge in [-0.1, -0.05) is 18.2 Å². The van der Waals surface area contributed by atoms with Gasteiger partial charge in [-0.15, -0.1) is 11.8 Å². The molecule has 0 radical (unpaired) electrons. The topological polar surface area (TPSA) is 12.0 Å². The van der Waals surface area contributed by atoms with Crippen LogP contribution in [0.3, 0.4) is 0 Å². The van der Waals surface area contributed by atoms with Gasteiger partial charge in [-0.05, 0) is 49.2 Å². The van der Waals surface area contributed by atoms with E-state index in [1.165, 1.54) is 22.6 Å². The molecule has 2 aromatic carbocycles. The van der Waals surface area contributed by atoms with Crippen LogP contribution in [0.4, 0.5) is 8.78 Å². The van der Waals surface area contributed by atoms with Gasteiger partial charge >= 0.3 is 0 Å². The maximum Gasteiger partial charge on any atom is 0.126 e. The van der Waals surface area contributed by atoms with Gasteiger partial charge in [0.15, 0.2) is 0 Å². The standard InChI is InChI=1S/C17H17F2NS/c1-20-15(8-11-6-13(18)10-14(19)7-11)17-9-12-4-2-3-5-16(12)21-17/h2-7,10,15,17,20H,8-9H2,1H3. The van der Waals surface area contributed by atoms with Crippen molar-refractivity contribution in [3.63, 3.8) is 0 Å². The van der Waals surface area contributed by atoms with Gasteiger partial charge in [0.1, 0.15) is 11.6 Å². The highest BCUT2D eigenvalue weighted by atomic mass is 32.2. The van der Waals surface area contributed by atoms with Crippen LogP contribution in [0.2, 0.25) is 0 Å². The highest BCUT2D eigenvalue weighted by Gasteiger charge is 2.28. The van der Waals surface area contributed by atoms with Crippen molar-refractivity contribution in [1.29, 1.82) is 0 Å². The molecule has 0 aromatic heterocycles. The summed E-state index contributed by atoms with van der Waals surface area (Å²) in [7, 11) is 1.91. The molecule has 0 aliphatic carbocycles. The Morgan fingerprint density at radius 2 is 1.90 bits per heavy atom. The van der Waals surface area contributed by atoms with Gasteiger partial charge < -0.3 is 5.32 Å². The van der Waals surface area contributed by atoms with Gasteiger partial charge in [-0.25, -0.2) is 8.78 Å². The van der Waals surface area contributed by atoms with Crippen LogP contribution in [0, 0.1) is 11.6 Å². The molecule has 1 aliphatic rings. The molecule has 1 nitrogen and oxygen atoms in total. The second-order valence-electron chi connectivity index (χ2n) is 5.35. The number of hydrogen-bond acceptors (Lipinski definition) is 2. The molecule has 1 aliphatic heterocycles. The normalized spacial score (nSPS) is 18.5. The van der Waals surface area contributed by atoms with Crippen LogP contribution in [-0.4, -0.2) is 18.3 Å². The van der Waals surface area contributed by atoms with E-state index in [4.69, 9.17) is 0 Å². The summed E-state index contributed by atoms with van der Waals surface area (Å²) >= 11 is 1.85. The first kappa shape index (κ1) is 14.5. The summed E-state index contributed by atoms with van der Waals surface area (Å²) in [6.07, 6.45) is 1.61. The summed E-state index contributed by atoms with van der Waals surface area (Å²) in [5, 5.41) is 3.69. The van der Waals surface area contributed by atoms with E-state index in [2.05, 4.69) is 23.5 Å². The fourth-order valence-electron chi connectivity index (χ4n) is 2.84. The van der Waals surface area contributed by atoms with Crippen LogP contribution >= 0.6 is 11.8 Å². The molecule has 0 saturated heterocycles. The van der Waals surface area contributed by atoms with E-state index in [9.17, 15) is 8.78 Å². The fourth-order valence-corrected chi connectivity index (χ4v) is 4.28.